The van der Waals surface area contributed by atoms with E-state index in [0.717, 1.165) is 31.1 Å². The second kappa shape index (κ2) is 6.16. The lowest BCUT2D eigenvalue weighted by molar-refractivity contribution is 0.0820. The number of hydrogen-bond acceptors (Lipinski definition) is 4. The molecule has 0 spiro atoms. The Bertz CT molecular complexity index is 1130. The number of carbonyl (C=O) groups is 1. The van der Waals surface area contributed by atoms with Gasteiger partial charge in [-0.3, -0.25) is 9.20 Å². The molecule has 1 aliphatic rings. The predicted octanol–water partition coefficient (Wildman–Crippen LogP) is 2.69. The number of rotatable bonds is 4. The van der Waals surface area contributed by atoms with Crippen molar-refractivity contribution in [1.82, 2.24) is 14.7 Å². The van der Waals surface area contributed by atoms with Crippen LogP contribution < -0.4 is 5.32 Å². The number of nitrogens with zero attached hydrogens (tertiary/aromatic N) is 2. The van der Waals surface area contributed by atoms with E-state index in [1.54, 1.807) is 36.5 Å². The van der Waals surface area contributed by atoms with Crippen LogP contribution in [0, 0.1) is 5.82 Å². The first-order chi connectivity index (χ1) is 12.8. The lowest BCUT2D eigenvalue weighted by Crippen LogP contribution is -2.50. The Labute approximate surface area is 156 Å². The number of pyridine rings is 1. The lowest BCUT2D eigenvalue weighted by Gasteiger charge is -2.43. The van der Waals surface area contributed by atoms with E-state index in [-0.39, 0.29) is 16.7 Å². The molecule has 0 saturated heterocycles. The summed E-state index contributed by atoms with van der Waals surface area (Å²) < 4.78 is 38.7. The maximum absolute atomic E-state index is 13.3. The first-order valence-electron chi connectivity index (χ1n) is 8.56. The van der Waals surface area contributed by atoms with Crippen LogP contribution in [0.1, 0.15) is 35.3 Å². The predicted molar refractivity (Wildman–Crippen MR) is 97.7 cm³/mol. The summed E-state index contributed by atoms with van der Waals surface area (Å²) in [6, 6.07) is 11.1. The second-order valence-corrected chi connectivity index (χ2v) is 8.78. The molecule has 2 aromatic heterocycles. The van der Waals surface area contributed by atoms with Crippen molar-refractivity contribution in [3.05, 3.63) is 65.7 Å². The molecule has 1 aliphatic carbocycles. The molecule has 0 atom stereocenters. The Morgan fingerprint density at radius 3 is 2.48 bits per heavy atom. The quantitative estimate of drug-likeness (QED) is 0.746. The SMILES string of the molecule is CS(=O)(=O)c1nc(C(=O)NC2(c3ccc(F)cc3)CCC2)c2ccccn12. The van der Waals surface area contributed by atoms with Gasteiger partial charge in [0.15, 0.2) is 5.69 Å². The molecule has 0 unspecified atom stereocenters. The summed E-state index contributed by atoms with van der Waals surface area (Å²) in [6.45, 7) is 0. The van der Waals surface area contributed by atoms with Crippen LogP contribution in [-0.2, 0) is 15.4 Å². The van der Waals surface area contributed by atoms with Gasteiger partial charge in [0.05, 0.1) is 11.1 Å². The highest BCUT2D eigenvalue weighted by atomic mass is 32.2. The molecule has 27 heavy (non-hydrogen) atoms. The molecule has 6 nitrogen and oxygen atoms in total. The van der Waals surface area contributed by atoms with Gasteiger partial charge in [0.1, 0.15) is 5.82 Å². The highest BCUT2D eigenvalue weighted by Gasteiger charge is 2.41. The number of sulfone groups is 1. The van der Waals surface area contributed by atoms with Gasteiger partial charge in [-0.2, -0.15) is 0 Å². The summed E-state index contributed by atoms with van der Waals surface area (Å²) in [5.74, 6) is -0.782. The van der Waals surface area contributed by atoms with Crippen LogP contribution >= 0.6 is 0 Å². The molecular weight excluding hydrogens is 369 g/mol. The third kappa shape index (κ3) is 2.99. The average Bonchev–Trinajstić information content (AvgIpc) is 2.99. The number of halogens is 1. The molecule has 8 heteroatoms. The van der Waals surface area contributed by atoms with Crippen molar-refractivity contribution in [2.45, 2.75) is 30.0 Å². The van der Waals surface area contributed by atoms with E-state index in [1.807, 2.05) is 0 Å². The van der Waals surface area contributed by atoms with Crippen LogP contribution in [-0.4, -0.2) is 30.0 Å². The van der Waals surface area contributed by atoms with Crippen molar-refractivity contribution in [3.8, 4) is 0 Å². The summed E-state index contributed by atoms with van der Waals surface area (Å²) in [5, 5.41) is 2.83. The fourth-order valence-corrected chi connectivity index (χ4v) is 4.27. The van der Waals surface area contributed by atoms with Crippen molar-refractivity contribution in [1.29, 1.82) is 0 Å². The molecule has 1 amide bonds. The molecule has 1 N–H and O–H groups in total. The second-order valence-electron chi connectivity index (χ2n) is 6.87. The number of amides is 1. The third-order valence-corrected chi connectivity index (χ3v) is 5.97. The van der Waals surface area contributed by atoms with Crippen molar-refractivity contribution in [2.24, 2.45) is 0 Å². The largest absolute Gasteiger partial charge is 0.341 e. The van der Waals surface area contributed by atoms with Gasteiger partial charge < -0.3 is 5.32 Å². The topological polar surface area (TPSA) is 80.5 Å². The van der Waals surface area contributed by atoms with Gasteiger partial charge in [0.25, 0.3) is 5.91 Å². The maximum Gasteiger partial charge on any atom is 0.272 e. The van der Waals surface area contributed by atoms with Crippen molar-refractivity contribution >= 4 is 21.3 Å². The number of benzene rings is 1. The molecule has 140 valence electrons. The zero-order chi connectivity index (χ0) is 19.2. The minimum Gasteiger partial charge on any atom is -0.341 e. The Morgan fingerprint density at radius 1 is 1.19 bits per heavy atom. The van der Waals surface area contributed by atoms with E-state index in [0.29, 0.717) is 5.52 Å². The summed E-state index contributed by atoms with van der Waals surface area (Å²) in [6.07, 6.45) is 5.03. The molecule has 1 fully saturated rings. The molecule has 4 rings (SSSR count). The smallest absolute Gasteiger partial charge is 0.272 e. The fourth-order valence-electron chi connectivity index (χ4n) is 3.50. The number of nitrogens with one attached hydrogen (secondary N) is 1. The molecule has 1 saturated carbocycles. The number of carbonyl (C=O) groups excluding carboxylic acids is 1. The van der Waals surface area contributed by atoms with Crippen LogP contribution in [0.25, 0.3) is 5.52 Å². The van der Waals surface area contributed by atoms with Crippen LogP contribution in [0.2, 0.25) is 0 Å². The normalized spacial score (nSPS) is 16.1. The third-order valence-electron chi connectivity index (χ3n) is 5.02. The standard InChI is InChI=1S/C19H18FN3O3S/c1-27(25,26)18-21-16(15-5-2-3-12-23(15)18)17(24)22-19(10-4-11-19)13-6-8-14(20)9-7-13/h2-3,5-9,12H,4,10-11H2,1H3,(H,22,24). The molecule has 0 bridgehead atoms. The zero-order valence-corrected chi connectivity index (χ0v) is 15.5. The number of aromatic nitrogens is 2. The number of fused-ring (bicyclic) bond motifs is 1. The van der Waals surface area contributed by atoms with Gasteiger partial charge in [-0.25, -0.2) is 17.8 Å². The van der Waals surface area contributed by atoms with Gasteiger partial charge in [-0.05, 0) is 49.1 Å². The van der Waals surface area contributed by atoms with E-state index in [1.165, 1.54) is 16.5 Å². The van der Waals surface area contributed by atoms with Gasteiger partial charge in [-0.15, -0.1) is 0 Å². The Balaban J connectivity index is 1.74. The molecule has 2 heterocycles. The first-order valence-corrected chi connectivity index (χ1v) is 10.4. The van der Waals surface area contributed by atoms with Gasteiger partial charge in [0, 0.05) is 12.5 Å². The van der Waals surface area contributed by atoms with E-state index in [9.17, 15) is 17.6 Å². The lowest BCUT2D eigenvalue weighted by atomic mass is 9.71. The van der Waals surface area contributed by atoms with Gasteiger partial charge in [-0.1, -0.05) is 18.2 Å². The van der Waals surface area contributed by atoms with E-state index in [2.05, 4.69) is 10.3 Å². The van der Waals surface area contributed by atoms with Gasteiger partial charge in [0.2, 0.25) is 15.0 Å². The molecule has 1 aromatic carbocycles. The van der Waals surface area contributed by atoms with E-state index >= 15 is 0 Å². The van der Waals surface area contributed by atoms with Crippen molar-refractivity contribution in [3.63, 3.8) is 0 Å². The van der Waals surface area contributed by atoms with E-state index < -0.39 is 21.3 Å². The van der Waals surface area contributed by atoms with Crippen molar-refractivity contribution in [2.75, 3.05) is 6.26 Å². The zero-order valence-electron chi connectivity index (χ0n) is 14.6. The molecule has 3 aromatic rings. The fraction of sp³-hybridized carbons (Fsp3) is 0.263. The Hall–Kier alpha value is -2.74. The van der Waals surface area contributed by atoms with Gasteiger partial charge >= 0.3 is 0 Å². The molecule has 0 radical (unpaired) electrons. The average molecular weight is 387 g/mol. The Kier molecular flexibility index (Phi) is 4.03. The minimum absolute atomic E-state index is 0.0596. The monoisotopic (exact) mass is 387 g/mol. The van der Waals surface area contributed by atoms with Crippen LogP contribution in [0.3, 0.4) is 0 Å². The summed E-state index contributed by atoms with van der Waals surface area (Å²) in [4.78, 5) is 17.1. The first kappa shape index (κ1) is 17.7. The highest BCUT2D eigenvalue weighted by molar-refractivity contribution is 7.90. The van der Waals surface area contributed by atoms with Crippen molar-refractivity contribution < 1.29 is 17.6 Å². The van der Waals surface area contributed by atoms with E-state index in [4.69, 9.17) is 0 Å². The summed E-state index contributed by atoms with van der Waals surface area (Å²) in [7, 11) is -3.60. The summed E-state index contributed by atoms with van der Waals surface area (Å²) in [5.41, 5.74) is 0.726. The number of hydrogen-bond donors (Lipinski definition) is 1. The summed E-state index contributed by atoms with van der Waals surface area (Å²) >= 11 is 0. The van der Waals surface area contributed by atoms with Crippen LogP contribution in [0.4, 0.5) is 4.39 Å². The number of imidazole rings is 1. The molecular formula is C19H18FN3O3S. The minimum atomic E-state index is -3.60. The Morgan fingerprint density at radius 2 is 1.89 bits per heavy atom. The maximum atomic E-state index is 13.3. The van der Waals surface area contributed by atoms with Crippen LogP contribution in [0.15, 0.2) is 53.8 Å². The molecule has 0 aliphatic heterocycles. The highest BCUT2D eigenvalue weighted by Crippen LogP contribution is 2.41. The van der Waals surface area contributed by atoms with Crippen LogP contribution in [0.5, 0.6) is 0 Å².